The highest BCUT2D eigenvalue weighted by molar-refractivity contribution is 5.58. The molecule has 30 heavy (non-hydrogen) atoms. The Morgan fingerprint density at radius 2 is 1.90 bits per heavy atom. The van der Waals surface area contributed by atoms with Crippen molar-refractivity contribution in [1.29, 1.82) is 0 Å². The largest absolute Gasteiger partial charge is 0.368 e. The van der Waals surface area contributed by atoms with E-state index in [0.29, 0.717) is 17.6 Å². The number of pyridine rings is 1. The van der Waals surface area contributed by atoms with Gasteiger partial charge in [-0.3, -0.25) is 9.67 Å². The van der Waals surface area contributed by atoms with Gasteiger partial charge in [-0.05, 0) is 37.3 Å². The number of rotatable bonds is 6. The molecule has 4 aromatic rings. The molecule has 152 valence electrons. The molecule has 0 bridgehead atoms. The van der Waals surface area contributed by atoms with Crippen molar-refractivity contribution in [2.24, 2.45) is 11.7 Å². The molecule has 1 atom stereocenters. The first kappa shape index (κ1) is 18.4. The molecule has 0 amide bonds. The molecule has 0 aromatic carbocycles. The highest BCUT2D eigenvalue weighted by Gasteiger charge is 2.47. The van der Waals surface area contributed by atoms with Crippen molar-refractivity contribution in [1.82, 2.24) is 34.9 Å². The highest BCUT2D eigenvalue weighted by Crippen LogP contribution is 2.50. The average Bonchev–Trinajstić information content (AvgIpc) is 3.32. The lowest BCUT2D eigenvalue weighted by Gasteiger charge is -2.26. The van der Waals surface area contributed by atoms with Crippen molar-refractivity contribution in [3.8, 4) is 22.7 Å². The molecule has 0 spiro atoms. The highest BCUT2D eigenvalue weighted by atomic mass is 16.5. The van der Waals surface area contributed by atoms with Crippen molar-refractivity contribution in [3.05, 3.63) is 54.5 Å². The van der Waals surface area contributed by atoms with E-state index in [1.165, 1.54) is 0 Å². The standard InChI is InChI=1S/C20H21N9O/c1-20(14-2-3-14,18-27-17(30-28-18)13-8-26-29(10-13)11-21)15-4-5-16(23-9-15)12-6-24-19(22)25-7-12/h4-10,14H,2-3,11,21H2,1H3,(H2,22,24,25)/t20-/m1/s1. The Morgan fingerprint density at radius 1 is 1.10 bits per heavy atom. The minimum absolute atomic E-state index is 0.238. The zero-order valence-electron chi connectivity index (χ0n) is 16.4. The van der Waals surface area contributed by atoms with Crippen LogP contribution in [0.5, 0.6) is 0 Å². The minimum atomic E-state index is -0.394. The predicted octanol–water partition coefficient (Wildman–Crippen LogP) is 2.00. The lowest BCUT2D eigenvalue weighted by Crippen LogP contribution is -2.28. The predicted molar refractivity (Wildman–Crippen MR) is 109 cm³/mol. The van der Waals surface area contributed by atoms with Crippen molar-refractivity contribution < 1.29 is 4.52 Å². The molecule has 0 aliphatic heterocycles. The maximum atomic E-state index is 5.61. The fourth-order valence-electron chi connectivity index (χ4n) is 3.68. The van der Waals surface area contributed by atoms with Crippen LogP contribution in [-0.4, -0.2) is 34.9 Å². The monoisotopic (exact) mass is 403 g/mol. The summed E-state index contributed by atoms with van der Waals surface area (Å²) in [5.74, 6) is 1.75. The third-order valence-electron chi connectivity index (χ3n) is 5.68. The molecule has 1 saturated carbocycles. The minimum Gasteiger partial charge on any atom is -0.368 e. The van der Waals surface area contributed by atoms with Crippen molar-refractivity contribution in [2.75, 3.05) is 5.73 Å². The van der Waals surface area contributed by atoms with Gasteiger partial charge in [0.1, 0.15) is 0 Å². The number of nitrogens with two attached hydrogens (primary N) is 2. The van der Waals surface area contributed by atoms with Gasteiger partial charge in [-0.1, -0.05) is 11.2 Å². The van der Waals surface area contributed by atoms with Crippen LogP contribution in [0.15, 0.2) is 47.6 Å². The fourth-order valence-corrected chi connectivity index (χ4v) is 3.68. The Balaban J connectivity index is 1.48. The second-order valence-corrected chi connectivity index (χ2v) is 7.61. The molecule has 1 aliphatic carbocycles. The van der Waals surface area contributed by atoms with Gasteiger partial charge in [0, 0.05) is 30.4 Å². The summed E-state index contributed by atoms with van der Waals surface area (Å²) in [5.41, 5.74) is 14.2. The lowest BCUT2D eigenvalue weighted by atomic mass is 9.77. The zero-order chi connectivity index (χ0) is 20.7. The number of nitrogen functional groups attached to an aromatic ring is 1. The summed E-state index contributed by atoms with van der Waals surface area (Å²) in [6.07, 6.45) is 10.9. The molecule has 0 saturated heterocycles. The van der Waals surface area contributed by atoms with Gasteiger partial charge in [0.05, 0.1) is 29.5 Å². The maximum absolute atomic E-state index is 5.61. The molecule has 4 heterocycles. The molecule has 1 fully saturated rings. The summed E-state index contributed by atoms with van der Waals surface area (Å²) < 4.78 is 7.17. The fraction of sp³-hybridized carbons (Fsp3) is 0.300. The molecule has 10 heteroatoms. The molecule has 4 aromatic heterocycles. The quantitative estimate of drug-likeness (QED) is 0.493. The second kappa shape index (κ2) is 6.99. The first-order valence-electron chi connectivity index (χ1n) is 9.69. The number of aromatic nitrogens is 7. The number of nitrogens with zero attached hydrogens (tertiary/aromatic N) is 7. The van der Waals surface area contributed by atoms with Gasteiger partial charge in [-0.2, -0.15) is 10.1 Å². The van der Waals surface area contributed by atoms with Gasteiger partial charge in [-0.15, -0.1) is 0 Å². The van der Waals surface area contributed by atoms with Crippen LogP contribution in [0.1, 0.15) is 31.2 Å². The summed E-state index contributed by atoms with van der Waals surface area (Å²) >= 11 is 0. The average molecular weight is 403 g/mol. The molecule has 0 radical (unpaired) electrons. The second-order valence-electron chi connectivity index (χ2n) is 7.61. The third kappa shape index (κ3) is 3.11. The van der Waals surface area contributed by atoms with Crippen LogP contribution >= 0.6 is 0 Å². The van der Waals surface area contributed by atoms with E-state index < -0.39 is 5.41 Å². The Morgan fingerprint density at radius 3 is 2.53 bits per heavy atom. The SMILES string of the molecule is C[C@@](c1ccc(-c2cnc(N)nc2)nc1)(c1noc(-c2cnn(CN)c2)n1)C1CC1. The Labute approximate surface area is 172 Å². The van der Waals surface area contributed by atoms with Crippen LogP contribution in [0.2, 0.25) is 0 Å². The van der Waals surface area contributed by atoms with E-state index in [9.17, 15) is 0 Å². The number of anilines is 1. The zero-order valence-corrected chi connectivity index (χ0v) is 16.4. The molecular weight excluding hydrogens is 382 g/mol. The van der Waals surface area contributed by atoms with Gasteiger partial charge >= 0.3 is 0 Å². The maximum Gasteiger partial charge on any atom is 0.261 e. The van der Waals surface area contributed by atoms with Crippen molar-refractivity contribution >= 4 is 5.95 Å². The van der Waals surface area contributed by atoms with E-state index in [-0.39, 0.29) is 12.6 Å². The van der Waals surface area contributed by atoms with Crippen LogP contribution in [0.3, 0.4) is 0 Å². The Bertz CT molecular complexity index is 1160. The van der Waals surface area contributed by atoms with Crippen LogP contribution in [0.25, 0.3) is 22.7 Å². The summed E-state index contributed by atoms with van der Waals surface area (Å²) in [4.78, 5) is 17.4. The molecule has 1 aliphatic rings. The van der Waals surface area contributed by atoms with Crippen molar-refractivity contribution in [2.45, 2.75) is 31.8 Å². The van der Waals surface area contributed by atoms with E-state index >= 15 is 0 Å². The van der Waals surface area contributed by atoms with E-state index in [0.717, 1.165) is 35.2 Å². The van der Waals surface area contributed by atoms with Gasteiger partial charge in [0.25, 0.3) is 5.89 Å². The van der Waals surface area contributed by atoms with Crippen LogP contribution in [0, 0.1) is 5.92 Å². The summed E-state index contributed by atoms with van der Waals surface area (Å²) in [5, 5.41) is 8.48. The molecule has 4 N–H and O–H groups in total. The van der Waals surface area contributed by atoms with E-state index in [1.54, 1.807) is 29.5 Å². The number of hydrogen-bond donors (Lipinski definition) is 2. The Kier molecular flexibility index (Phi) is 4.28. The van der Waals surface area contributed by atoms with Gasteiger partial charge < -0.3 is 16.0 Å². The van der Waals surface area contributed by atoms with Crippen molar-refractivity contribution in [3.63, 3.8) is 0 Å². The molecule has 5 rings (SSSR count). The summed E-state index contributed by atoms with van der Waals surface area (Å²) in [6.45, 7) is 2.43. The first-order valence-corrected chi connectivity index (χ1v) is 9.69. The summed E-state index contributed by atoms with van der Waals surface area (Å²) in [7, 11) is 0. The van der Waals surface area contributed by atoms with Crippen LogP contribution in [0.4, 0.5) is 5.95 Å². The Hall–Kier alpha value is -3.66. The topological polar surface area (TPSA) is 147 Å². The lowest BCUT2D eigenvalue weighted by molar-refractivity contribution is 0.386. The van der Waals surface area contributed by atoms with E-state index in [1.807, 2.05) is 12.3 Å². The first-order chi connectivity index (χ1) is 14.6. The molecule has 10 nitrogen and oxygen atoms in total. The van der Waals surface area contributed by atoms with E-state index in [2.05, 4.69) is 38.2 Å². The van der Waals surface area contributed by atoms with Gasteiger partial charge in [0.15, 0.2) is 5.82 Å². The van der Waals surface area contributed by atoms with Crippen LogP contribution < -0.4 is 11.5 Å². The molecule has 0 unspecified atom stereocenters. The van der Waals surface area contributed by atoms with Crippen LogP contribution in [-0.2, 0) is 12.1 Å². The summed E-state index contributed by atoms with van der Waals surface area (Å²) in [6, 6.07) is 4.01. The van der Waals surface area contributed by atoms with Gasteiger partial charge in [-0.25, -0.2) is 9.97 Å². The normalized spacial score (nSPS) is 15.8. The van der Waals surface area contributed by atoms with E-state index in [4.69, 9.17) is 21.0 Å². The molecular formula is C20H21N9O. The number of hydrogen-bond acceptors (Lipinski definition) is 9. The van der Waals surface area contributed by atoms with Gasteiger partial charge in [0.2, 0.25) is 5.95 Å². The third-order valence-corrected chi connectivity index (χ3v) is 5.68. The smallest absolute Gasteiger partial charge is 0.261 e.